The molecular weight excluding hydrogens is 391 g/mol. The van der Waals surface area contributed by atoms with Gasteiger partial charge in [-0.15, -0.1) is 0 Å². The van der Waals surface area contributed by atoms with Crippen LogP contribution < -0.4 is 5.32 Å². The molecule has 1 aliphatic carbocycles. The smallest absolute Gasteiger partial charge is 0.404 e. The number of amides is 2. The van der Waals surface area contributed by atoms with Crippen molar-refractivity contribution in [3.8, 4) is 0 Å². The SMILES string of the molecule is O=C(O)NC[C@H]1CN(C(=O)[C@H]2CC[C@H](O)CC2)C[C@H]1c1ccc(Cl)c(Cl)c1. The second-order valence-electron chi connectivity index (χ2n) is 7.47. The van der Waals surface area contributed by atoms with Gasteiger partial charge in [-0.1, -0.05) is 29.3 Å². The van der Waals surface area contributed by atoms with Gasteiger partial charge in [-0.05, 0) is 43.4 Å². The summed E-state index contributed by atoms with van der Waals surface area (Å²) in [6.45, 7) is 1.30. The van der Waals surface area contributed by atoms with Gasteiger partial charge >= 0.3 is 6.09 Å². The number of hydrogen-bond acceptors (Lipinski definition) is 3. The first kappa shape index (κ1) is 20.2. The van der Waals surface area contributed by atoms with Gasteiger partial charge in [0.1, 0.15) is 0 Å². The molecule has 8 heteroatoms. The minimum Gasteiger partial charge on any atom is -0.465 e. The number of nitrogens with zero attached hydrogens (tertiary/aromatic N) is 1. The Morgan fingerprint density at radius 3 is 2.44 bits per heavy atom. The molecule has 0 bridgehead atoms. The summed E-state index contributed by atoms with van der Waals surface area (Å²) in [6.07, 6.45) is 1.34. The zero-order valence-corrected chi connectivity index (χ0v) is 16.4. The van der Waals surface area contributed by atoms with E-state index < -0.39 is 6.09 Å². The van der Waals surface area contributed by atoms with Crippen LogP contribution >= 0.6 is 23.2 Å². The maximum atomic E-state index is 12.9. The second kappa shape index (κ2) is 8.67. The maximum absolute atomic E-state index is 12.9. The Kier molecular flexibility index (Phi) is 6.50. The normalized spacial score (nSPS) is 28.2. The molecule has 1 heterocycles. The third-order valence-corrected chi connectivity index (χ3v) is 6.42. The van der Waals surface area contributed by atoms with Crippen LogP contribution in [0, 0.1) is 11.8 Å². The molecule has 148 valence electrons. The van der Waals surface area contributed by atoms with Crippen LogP contribution in [0.4, 0.5) is 4.79 Å². The number of aliphatic hydroxyl groups excluding tert-OH is 1. The highest BCUT2D eigenvalue weighted by Crippen LogP contribution is 2.37. The van der Waals surface area contributed by atoms with E-state index >= 15 is 0 Å². The quantitative estimate of drug-likeness (QED) is 0.704. The number of benzene rings is 1. The van der Waals surface area contributed by atoms with Gasteiger partial charge in [0.25, 0.3) is 0 Å². The number of nitrogens with one attached hydrogen (secondary N) is 1. The van der Waals surface area contributed by atoms with Crippen molar-refractivity contribution in [3.63, 3.8) is 0 Å². The summed E-state index contributed by atoms with van der Waals surface area (Å²) in [7, 11) is 0. The predicted molar refractivity (Wildman–Crippen MR) is 103 cm³/mol. The van der Waals surface area contributed by atoms with Gasteiger partial charge in [-0.25, -0.2) is 4.79 Å². The number of carboxylic acid groups (broad SMARTS) is 1. The highest BCUT2D eigenvalue weighted by molar-refractivity contribution is 6.42. The molecule has 1 aromatic rings. The van der Waals surface area contributed by atoms with Gasteiger partial charge in [0.05, 0.1) is 16.1 Å². The monoisotopic (exact) mass is 414 g/mol. The Hall–Kier alpha value is -1.50. The molecular formula is C19H24Cl2N2O4. The van der Waals surface area contributed by atoms with Crippen molar-refractivity contribution in [1.29, 1.82) is 0 Å². The number of likely N-dealkylation sites (tertiary alicyclic amines) is 1. The van der Waals surface area contributed by atoms with Gasteiger partial charge in [-0.2, -0.15) is 0 Å². The third-order valence-electron chi connectivity index (χ3n) is 5.69. The van der Waals surface area contributed by atoms with Crippen molar-refractivity contribution < 1.29 is 19.8 Å². The standard InChI is InChI=1S/C19H24Cl2N2O4/c20-16-6-3-12(7-17(16)21)15-10-23(9-13(15)8-22-19(26)27)18(25)11-1-4-14(24)5-2-11/h3,6-7,11,13-15,22,24H,1-2,4-5,8-10H2,(H,26,27)/t11-,13-,14-,15-/m0/s1. The fraction of sp³-hybridized carbons (Fsp3) is 0.579. The van der Waals surface area contributed by atoms with Crippen LogP contribution in [0.1, 0.15) is 37.2 Å². The summed E-state index contributed by atoms with van der Waals surface area (Å²) in [5, 5.41) is 22.0. The van der Waals surface area contributed by atoms with Crippen molar-refractivity contribution >= 4 is 35.2 Å². The van der Waals surface area contributed by atoms with Gasteiger partial charge in [0.2, 0.25) is 5.91 Å². The fourth-order valence-corrected chi connectivity index (χ4v) is 4.48. The van der Waals surface area contributed by atoms with Crippen LogP contribution in [-0.2, 0) is 4.79 Å². The lowest BCUT2D eigenvalue weighted by Crippen LogP contribution is -2.37. The second-order valence-corrected chi connectivity index (χ2v) is 8.29. The molecule has 2 atom stereocenters. The fourth-order valence-electron chi connectivity index (χ4n) is 4.18. The Bertz CT molecular complexity index is 707. The molecule has 1 saturated carbocycles. The van der Waals surface area contributed by atoms with E-state index in [2.05, 4.69) is 5.32 Å². The average molecular weight is 415 g/mol. The number of carbonyl (C=O) groups is 2. The summed E-state index contributed by atoms with van der Waals surface area (Å²) in [5.74, 6) is 0.0000414. The van der Waals surface area contributed by atoms with E-state index in [0.29, 0.717) is 48.8 Å². The van der Waals surface area contributed by atoms with Crippen molar-refractivity contribution in [2.75, 3.05) is 19.6 Å². The Morgan fingerprint density at radius 1 is 1.11 bits per heavy atom. The van der Waals surface area contributed by atoms with Crippen LogP contribution in [-0.4, -0.2) is 52.9 Å². The summed E-state index contributed by atoms with van der Waals surface area (Å²) in [4.78, 5) is 25.7. The van der Waals surface area contributed by atoms with Crippen LogP contribution in [0.2, 0.25) is 10.0 Å². The highest BCUT2D eigenvalue weighted by atomic mass is 35.5. The van der Waals surface area contributed by atoms with Crippen LogP contribution in [0.25, 0.3) is 0 Å². The van der Waals surface area contributed by atoms with E-state index in [1.54, 1.807) is 12.1 Å². The number of carbonyl (C=O) groups excluding carboxylic acids is 1. The zero-order chi connectivity index (χ0) is 19.6. The molecule has 0 aromatic heterocycles. The van der Waals surface area contributed by atoms with E-state index in [9.17, 15) is 14.7 Å². The van der Waals surface area contributed by atoms with E-state index in [-0.39, 0.29) is 36.3 Å². The Balaban J connectivity index is 1.75. The van der Waals surface area contributed by atoms with E-state index in [1.807, 2.05) is 11.0 Å². The topological polar surface area (TPSA) is 89.9 Å². The van der Waals surface area contributed by atoms with Crippen molar-refractivity contribution in [1.82, 2.24) is 10.2 Å². The summed E-state index contributed by atoms with van der Waals surface area (Å²) >= 11 is 12.2. The Labute approximate surface area is 168 Å². The largest absolute Gasteiger partial charge is 0.465 e. The molecule has 27 heavy (non-hydrogen) atoms. The van der Waals surface area contributed by atoms with Crippen molar-refractivity contribution in [2.45, 2.75) is 37.7 Å². The summed E-state index contributed by atoms with van der Waals surface area (Å²) in [6, 6.07) is 5.42. The van der Waals surface area contributed by atoms with E-state index in [0.717, 1.165) is 5.56 Å². The van der Waals surface area contributed by atoms with E-state index in [1.165, 1.54) is 0 Å². The first-order valence-electron chi connectivity index (χ1n) is 9.23. The predicted octanol–water partition coefficient (Wildman–Crippen LogP) is 3.35. The van der Waals surface area contributed by atoms with Crippen molar-refractivity contribution in [2.24, 2.45) is 11.8 Å². The van der Waals surface area contributed by atoms with E-state index in [4.69, 9.17) is 28.3 Å². The van der Waals surface area contributed by atoms with Gasteiger partial charge in [-0.3, -0.25) is 4.79 Å². The molecule has 2 amide bonds. The third kappa shape index (κ3) is 4.86. The minimum absolute atomic E-state index is 0.00949. The van der Waals surface area contributed by atoms with Crippen LogP contribution in [0.15, 0.2) is 18.2 Å². The number of halogens is 2. The number of aliphatic hydroxyl groups is 1. The van der Waals surface area contributed by atoms with Gasteiger partial charge in [0, 0.05) is 37.4 Å². The minimum atomic E-state index is -1.08. The summed E-state index contributed by atoms with van der Waals surface area (Å²) in [5.41, 5.74) is 0.955. The zero-order valence-electron chi connectivity index (χ0n) is 14.9. The molecule has 6 nitrogen and oxygen atoms in total. The number of rotatable bonds is 4. The summed E-state index contributed by atoms with van der Waals surface area (Å²) < 4.78 is 0. The average Bonchev–Trinajstić information content (AvgIpc) is 3.06. The first-order chi connectivity index (χ1) is 12.8. The molecule has 3 N–H and O–H groups in total. The van der Waals surface area contributed by atoms with Gasteiger partial charge < -0.3 is 20.4 Å². The lowest BCUT2D eigenvalue weighted by Gasteiger charge is -2.28. The molecule has 2 fully saturated rings. The molecule has 2 aliphatic rings. The lowest BCUT2D eigenvalue weighted by molar-refractivity contribution is -0.136. The molecule has 0 unspecified atom stereocenters. The molecule has 1 saturated heterocycles. The Morgan fingerprint density at radius 2 is 1.81 bits per heavy atom. The molecule has 0 radical (unpaired) electrons. The first-order valence-corrected chi connectivity index (χ1v) is 9.99. The van der Waals surface area contributed by atoms with Crippen LogP contribution in [0.3, 0.4) is 0 Å². The van der Waals surface area contributed by atoms with Gasteiger partial charge in [0.15, 0.2) is 0 Å². The molecule has 1 aliphatic heterocycles. The highest BCUT2D eigenvalue weighted by Gasteiger charge is 2.39. The molecule has 3 rings (SSSR count). The van der Waals surface area contributed by atoms with Crippen molar-refractivity contribution in [3.05, 3.63) is 33.8 Å². The lowest BCUT2D eigenvalue weighted by atomic mass is 9.86. The number of hydrogen-bond donors (Lipinski definition) is 3. The molecule has 1 aromatic carbocycles. The maximum Gasteiger partial charge on any atom is 0.404 e. The van der Waals surface area contributed by atoms with Crippen LogP contribution in [0.5, 0.6) is 0 Å². The molecule has 0 spiro atoms.